The van der Waals surface area contributed by atoms with Crippen molar-refractivity contribution in [3.63, 3.8) is 0 Å². The molecule has 1 fully saturated rings. The minimum Gasteiger partial charge on any atom is -0.268 e. The molecule has 0 unspecified atom stereocenters. The fraction of sp³-hybridized carbons (Fsp3) is 0.258. The standard InChI is InChI=1S/C31H30N4O/c1-22-14-16-25(17-15-22)35-29(36)27-28(33-30(35)34-32-21-23-10-4-2-5-11-23)26-13-7-6-12-24(26)20-31(27)18-8-3-9-19-31/h2,4-7,10-17,21H,3,8-9,18-20H2,1H3,(H,33,34)/b32-21+. The lowest BCUT2D eigenvalue weighted by Gasteiger charge is -2.42. The van der Waals surface area contributed by atoms with E-state index >= 15 is 0 Å². The molecular weight excluding hydrogens is 444 g/mol. The van der Waals surface area contributed by atoms with Gasteiger partial charge >= 0.3 is 0 Å². The SMILES string of the molecule is Cc1ccc(-n2c(N/N=C/c3ccccc3)nc3c(c2=O)C2(CCCCC2)Cc2ccccc2-3)cc1. The van der Waals surface area contributed by atoms with Gasteiger partial charge in [0.25, 0.3) is 5.56 Å². The summed E-state index contributed by atoms with van der Waals surface area (Å²) >= 11 is 0. The summed E-state index contributed by atoms with van der Waals surface area (Å²) in [5, 5.41) is 4.47. The van der Waals surface area contributed by atoms with Gasteiger partial charge in [0.2, 0.25) is 5.95 Å². The van der Waals surface area contributed by atoms with Crippen LogP contribution in [0.5, 0.6) is 0 Å². The fourth-order valence-corrected chi connectivity index (χ4v) is 5.92. The summed E-state index contributed by atoms with van der Waals surface area (Å²) in [5.74, 6) is 0.428. The van der Waals surface area contributed by atoms with E-state index in [1.54, 1.807) is 10.8 Å². The molecule has 1 spiro atoms. The van der Waals surface area contributed by atoms with Crippen LogP contribution in [0, 0.1) is 6.92 Å². The molecule has 5 heteroatoms. The van der Waals surface area contributed by atoms with Crippen LogP contribution in [0.15, 0.2) is 88.8 Å². The summed E-state index contributed by atoms with van der Waals surface area (Å²) in [6.07, 6.45) is 8.23. The number of aromatic nitrogens is 2. The molecule has 0 saturated heterocycles. The van der Waals surface area contributed by atoms with Crippen molar-refractivity contribution in [3.8, 4) is 16.9 Å². The Hall–Kier alpha value is -3.99. The molecular formula is C31H30N4O. The van der Waals surface area contributed by atoms with Gasteiger partial charge in [0.05, 0.1) is 23.2 Å². The predicted molar refractivity (Wildman–Crippen MR) is 146 cm³/mol. The minimum atomic E-state index is -0.162. The fourth-order valence-electron chi connectivity index (χ4n) is 5.92. The van der Waals surface area contributed by atoms with Gasteiger partial charge in [0, 0.05) is 11.0 Å². The molecule has 0 radical (unpaired) electrons. The first-order valence-corrected chi connectivity index (χ1v) is 12.8. The minimum absolute atomic E-state index is 0.0117. The van der Waals surface area contributed by atoms with Crippen molar-refractivity contribution >= 4 is 12.2 Å². The number of aryl methyl sites for hydroxylation is 1. The maximum atomic E-state index is 14.5. The summed E-state index contributed by atoms with van der Waals surface area (Å²) in [4.78, 5) is 19.6. The van der Waals surface area contributed by atoms with E-state index < -0.39 is 0 Å². The molecule has 180 valence electrons. The Balaban J connectivity index is 1.57. The zero-order chi connectivity index (χ0) is 24.5. The number of hydrazone groups is 1. The molecule has 0 aliphatic heterocycles. The second-order valence-corrected chi connectivity index (χ2v) is 10.1. The van der Waals surface area contributed by atoms with Gasteiger partial charge in [-0.3, -0.25) is 4.79 Å². The summed E-state index contributed by atoms with van der Waals surface area (Å²) < 4.78 is 1.71. The normalized spacial score (nSPS) is 16.0. The van der Waals surface area contributed by atoms with E-state index in [2.05, 4.69) is 35.7 Å². The Morgan fingerprint density at radius 1 is 0.917 bits per heavy atom. The maximum absolute atomic E-state index is 14.5. The van der Waals surface area contributed by atoms with Crippen LogP contribution < -0.4 is 11.0 Å². The van der Waals surface area contributed by atoms with Crippen molar-refractivity contribution in [3.05, 3.63) is 111 Å². The van der Waals surface area contributed by atoms with Crippen molar-refractivity contribution in [1.29, 1.82) is 0 Å². The maximum Gasteiger partial charge on any atom is 0.263 e. The molecule has 4 aromatic rings. The molecule has 1 N–H and O–H groups in total. The average molecular weight is 475 g/mol. The van der Waals surface area contributed by atoms with Crippen LogP contribution in [-0.4, -0.2) is 15.8 Å². The Morgan fingerprint density at radius 2 is 1.64 bits per heavy atom. The van der Waals surface area contributed by atoms with Gasteiger partial charge in [0.15, 0.2) is 0 Å². The number of rotatable bonds is 4. The van der Waals surface area contributed by atoms with E-state index in [9.17, 15) is 4.79 Å². The molecule has 1 aromatic heterocycles. The van der Waals surface area contributed by atoms with Crippen LogP contribution in [0.3, 0.4) is 0 Å². The molecule has 2 aliphatic rings. The van der Waals surface area contributed by atoms with Crippen LogP contribution in [0.1, 0.15) is 54.4 Å². The first kappa shape index (κ1) is 22.5. The quantitative estimate of drug-likeness (QED) is 0.275. The number of hydrogen-bond donors (Lipinski definition) is 1. The van der Waals surface area contributed by atoms with E-state index in [0.717, 1.165) is 65.7 Å². The van der Waals surface area contributed by atoms with E-state index in [1.807, 2.05) is 60.7 Å². The van der Waals surface area contributed by atoms with Crippen LogP contribution in [0.2, 0.25) is 0 Å². The second kappa shape index (κ2) is 9.23. The first-order chi connectivity index (χ1) is 17.6. The lowest BCUT2D eigenvalue weighted by molar-refractivity contribution is 0.284. The number of benzene rings is 3. The smallest absolute Gasteiger partial charge is 0.263 e. The second-order valence-electron chi connectivity index (χ2n) is 10.1. The van der Waals surface area contributed by atoms with E-state index in [0.29, 0.717) is 5.95 Å². The number of nitrogens with zero attached hydrogens (tertiary/aromatic N) is 3. The lowest BCUT2D eigenvalue weighted by Crippen LogP contribution is -2.42. The van der Waals surface area contributed by atoms with Gasteiger partial charge in [-0.15, -0.1) is 0 Å². The number of nitrogens with one attached hydrogen (secondary N) is 1. The Labute approximate surface area is 211 Å². The summed E-state index contributed by atoms with van der Waals surface area (Å²) in [5.41, 5.74) is 9.90. The Bertz CT molecular complexity index is 1480. The number of fused-ring (bicyclic) bond motifs is 4. The van der Waals surface area contributed by atoms with Gasteiger partial charge in [-0.1, -0.05) is 91.6 Å². The summed E-state index contributed by atoms with van der Waals surface area (Å²) in [7, 11) is 0. The highest BCUT2D eigenvalue weighted by Gasteiger charge is 2.43. The summed E-state index contributed by atoms with van der Waals surface area (Å²) in [6.45, 7) is 2.05. The van der Waals surface area contributed by atoms with Crippen LogP contribution in [0.25, 0.3) is 16.9 Å². The third kappa shape index (κ3) is 3.95. The van der Waals surface area contributed by atoms with Crippen LogP contribution in [0.4, 0.5) is 5.95 Å². The van der Waals surface area contributed by atoms with Gasteiger partial charge in [-0.25, -0.2) is 15.0 Å². The highest BCUT2D eigenvalue weighted by Crippen LogP contribution is 2.48. The van der Waals surface area contributed by atoms with E-state index in [1.165, 1.54) is 12.0 Å². The molecule has 0 bridgehead atoms. The highest BCUT2D eigenvalue weighted by atomic mass is 16.1. The van der Waals surface area contributed by atoms with Gasteiger partial charge in [0.1, 0.15) is 0 Å². The van der Waals surface area contributed by atoms with Gasteiger partial charge in [-0.05, 0) is 49.4 Å². The number of anilines is 1. The van der Waals surface area contributed by atoms with Crippen molar-refractivity contribution in [2.45, 2.75) is 50.9 Å². The third-order valence-electron chi connectivity index (χ3n) is 7.70. The highest BCUT2D eigenvalue weighted by molar-refractivity contribution is 5.80. The van der Waals surface area contributed by atoms with Crippen LogP contribution >= 0.6 is 0 Å². The molecule has 2 aliphatic carbocycles. The Morgan fingerprint density at radius 3 is 2.42 bits per heavy atom. The average Bonchev–Trinajstić information content (AvgIpc) is 2.90. The molecule has 0 amide bonds. The van der Waals surface area contributed by atoms with E-state index in [4.69, 9.17) is 4.98 Å². The van der Waals surface area contributed by atoms with Crippen molar-refractivity contribution in [2.75, 3.05) is 5.43 Å². The predicted octanol–water partition coefficient (Wildman–Crippen LogP) is 6.41. The molecule has 5 nitrogen and oxygen atoms in total. The molecule has 3 aromatic carbocycles. The molecule has 0 atom stereocenters. The lowest BCUT2D eigenvalue weighted by atomic mass is 9.62. The van der Waals surface area contributed by atoms with Crippen molar-refractivity contribution in [2.24, 2.45) is 5.10 Å². The van der Waals surface area contributed by atoms with Gasteiger partial charge < -0.3 is 0 Å². The van der Waals surface area contributed by atoms with Crippen molar-refractivity contribution < 1.29 is 0 Å². The molecule has 1 heterocycles. The van der Waals surface area contributed by atoms with Crippen molar-refractivity contribution in [1.82, 2.24) is 9.55 Å². The Kier molecular flexibility index (Phi) is 5.76. The molecule has 1 saturated carbocycles. The summed E-state index contributed by atoms with van der Waals surface area (Å²) in [6, 6.07) is 26.4. The van der Waals surface area contributed by atoms with Crippen LogP contribution in [-0.2, 0) is 11.8 Å². The molecule has 6 rings (SSSR count). The zero-order valence-electron chi connectivity index (χ0n) is 20.6. The monoisotopic (exact) mass is 474 g/mol. The first-order valence-electron chi connectivity index (χ1n) is 12.8. The van der Waals surface area contributed by atoms with E-state index in [-0.39, 0.29) is 11.0 Å². The topological polar surface area (TPSA) is 59.3 Å². The number of hydrogen-bond acceptors (Lipinski definition) is 4. The zero-order valence-corrected chi connectivity index (χ0v) is 20.6. The third-order valence-corrected chi connectivity index (χ3v) is 7.70. The molecule has 36 heavy (non-hydrogen) atoms. The van der Waals surface area contributed by atoms with Gasteiger partial charge in [-0.2, -0.15) is 5.10 Å². The largest absolute Gasteiger partial charge is 0.268 e.